The smallest absolute Gasteiger partial charge is 0.306 e. The minimum Gasteiger partial charge on any atom is -0.756 e. The monoisotopic (exact) mass is 1050 g/mol. The Hall–Kier alpha value is -2.03. The number of nitrogens with zero attached hydrogens (tertiary/aromatic N) is 1. The Labute approximate surface area is 452 Å². The van der Waals surface area contributed by atoms with E-state index in [4.69, 9.17) is 13.8 Å². The molecule has 0 spiro atoms. The maximum atomic E-state index is 13.5. The van der Waals surface area contributed by atoms with Crippen molar-refractivity contribution in [2.75, 3.05) is 40.9 Å². The summed E-state index contributed by atoms with van der Waals surface area (Å²) in [6, 6.07) is -0.891. The van der Waals surface area contributed by atoms with E-state index in [-0.39, 0.29) is 31.5 Å². The molecule has 0 heterocycles. The van der Waals surface area contributed by atoms with Gasteiger partial charge in [0.2, 0.25) is 5.91 Å². The third-order valence-corrected chi connectivity index (χ3v) is 14.7. The van der Waals surface area contributed by atoms with Crippen LogP contribution in [0.3, 0.4) is 0 Å². The highest BCUT2D eigenvalue weighted by Crippen LogP contribution is 2.38. The molecule has 0 radical (unpaired) electrons. The second-order valence-corrected chi connectivity index (χ2v) is 23.6. The number of unbranched alkanes of at least 4 members (excludes halogenated alkanes) is 34. The number of hydrogen-bond donors (Lipinski definition) is 1. The molecule has 10 heteroatoms. The molecule has 0 bridgehead atoms. The van der Waals surface area contributed by atoms with E-state index >= 15 is 0 Å². The van der Waals surface area contributed by atoms with Crippen LogP contribution in [-0.4, -0.2) is 69.4 Å². The molecule has 0 rings (SSSR count). The molecule has 0 aliphatic rings. The van der Waals surface area contributed by atoms with E-state index in [1.807, 2.05) is 33.3 Å². The summed E-state index contributed by atoms with van der Waals surface area (Å²) in [6.07, 6.45) is 65.0. The third kappa shape index (κ3) is 54.6. The van der Waals surface area contributed by atoms with E-state index in [1.165, 1.54) is 173 Å². The standard InChI is InChI=1S/C63H119N2O7P/c1-7-10-13-16-19-22-25-27-29-31-32-34-36-38-41-44-47-50-53-56-63(67)72-61(54-51-48-45-42-39-24-21-18-15-12-9-3)60(59-71-73(68,69)70-58-57-65(4,5)6)64-62(66)55-52-49-46-43-40-37-35-33-30-28-26-23-20-17-14-11-8-2/h19,22,27,29,32,34,51,54,60-61H,7-18,20-21,23-26,28,30-31,33,35-50,52-53,55-59H2,1-6H3,(H-,64,66,68,69)/b22-19-,29-27-,34-32-,54-51+. The SMILES string of the molecule is CCCCC/C=C\C/C=C\C/C=C\CCCCCCCCC(=O)OC(/C=C/CCCCCCCCCCC)C(COP(=O)([O-])OCC[N+](C)(C)C)NC(=O)CCCCCCCCCCCCCCCCCCC. The molecule has 9 nitrogen and oxygen atoms in total. The molecule has 0 saturated heterocycles. The van der Waals surface area contributed by atoms with Crippen LogP contribution >= 0.6 is 7.82 Å². The van der Waals surface area contributed by atoms with Gasteiger partial charge in [0.1, 0.15) is 19.3 Å². The summed E-state index contributed by atoms with van der Waals surface area (Å²) in [4.78, 5) is 39.9. The largest absolute Gasteiger partial charge is 0.756 e. The Bertz CT molecular complexity index is 1390. The van der Waals surface area contributed by atoms with Crippen LogP contribution in [0.5, 0.6) is 0 Å². The molecule has 0 aliphatic carbocycles. The van der Waals surface area contributed by atoms with Crippen LogP contribution in [0.15, 0.2) is 48.6 Å². The summed E-state index contributed by atoms with van der Waals surface area (Å²) in [5, 5.41) is 3.03. The first-order chi connectivity index (χ1) is 35.4. The van der Waals surface area contributed by atoms with Gasteiger partial charge >= 0.3 is 5.97 Å². The zero-order valence-corrected chi connectivity index (χ0v) is 49.7. The number of esters is 1. The van der Waals surface area contributed by atoms with E-state index in [0.717, 1.165) is 83.5 Å². The molecule has 428 valence electrons. The number of carbonyl (C=O) groups is 2. The number of nitrogens with one attached hydrogen (secondary N) is 1. The van der Waals surface area contributed by atoms with Gasteiger partial charge in [-0.25, -0.2) is 0 Å². The lowest BCUT2D eigenvalue weighted by Crippen LogP contribution is -2.47. The Morgan fingerprint density at radius 3 is 1.27 bits per heavy atom. The summed E-state index contributed by atoms with van der Waals surface area (Å²) < 4.78 is 30.3. The molecular weight excluding hydrogens is 928 g/mol. The van der Waals surface area contributed by atoms with E-state index in [1.54, 1.807) is 0 Å². The topological polar surface area (TPSA) is 114 Å². The van der Waals surface area contributed by atoms with Crippen molar-refractivity contribution >= 4 is 19.7 Å². The Morgan fingerprint density at radius 2 is 0.836 bits per heavy atom. The van der Waals surface area contributed by atoms with Crippen LogP contribution in [0.4, 0.5) is 0 Å². The molecule has 0 aromatic heterocycles. The lowest BCUT2D eigenvalue weighted by atomic mass is 10.0. The van der Waals surface area contributed by atoms with Crippen molar-refractivity contribution in [3.8, 4) is 0 Å². The molecule has 0 aromatic carbocycles. The first-order valence-corrected chi connectivity index (χ1v) is 32.4. The van der Waals surface area contributed by atoms with Gasteiger partial charge < -0.3 is 28.5 Å². The van der Waals surface area contributed by atoms with Gasteiger partial charge in [-0.05, 0) is 70.3 Å². The molecule has 1 amide bonds. The highest BCUT2D eigenvalue weighted by molar-refractivity contribution is 7.45. The van der Waals surface area contributed by atoms with Crippen molar-refractivity contribution in [3.05, 3.63) is 48.6 Å². The highest BCUT2D eigenvalue weighted by Gasteiger charge is 2.27. The van der Waals surface area contributed by atoms with E-state index in [0.29, 0.717) is 17.4 Å². The number of phosphoric acid groups is 1. The number of carbonyl (C=O) groups excluding carboxylic acids is 2. The average molecular weight is 1050 g/mol. The van der Waals surface area contributed by atoms with Crippen LogP contribution in [-0.2, 0) is 27.9 Å². The van der Waals surface area contributed by atoms with Gasteiger partial charge in [0.05, 0.1) is 33.8 Å². The summed E-state index contributed by atoms with van der Waals surface area (Å²) >= 11 is 0. The first-order valence-electron chi connectivity index (χ1n) is 30.9. The second kappa shape index (κ2) is 53.4. The first kappa shape index (κ1) is 71.0. The average Bonchev–Trinajstić information content (AvgIpc) is 3.35. The van der Waals surface area contributed by atoms with Crippen molar-refractivity contribution in [1.29, 1.82) is 0 Å². The Balaban J connectivity index is 5.24. The number of likely N-dealkylation sites (N-methyl/N-ethyl adjacent to an activating group) is 1. The van der Waals surface area contributed by atoms with Gasteiger partial charge in [-0.3, -0.25) is 14.2 Å². The normalized spacial score (nSPS) is 14.0. The van der Waals surface area contributed by atoms with E-state index in [9.17, 15) is 19.0 Å². The van der Waals surface area contributed by atoms with Crippen LogP contribution < -0.4 is 10.2 Å². The van der Waals surface area contributed by atoms with Crippen molar-refractivity contribution < 1.29 is 37.3 Å². The fourth-order valence-electron chi connectivity index (χ4n) is 8.94. The highest BCUT2D eigenvalue weighted by atomic mass is 31.2. The maximum absolute atomic E-state index is 13.5. The Kier molecular flexibility index (Phi) is 51.9. The summed E-state index contributed by atoms with van der Waals surface area (Å²) in [6.45, 7) is 6.83. The van der Waals surface area contributed by atoms with Crippen LogP contribution in [0.1, 0.15) is 290 Å². The van der Waals surface area contributed by atoms with Crippen LogP contribution in [0.2, 0.25) is 0 Å². The van der Waals surface area contributed by atoms with Gasteiger partial charge in [0.15, 0.2) is 0 Å². The van der Waals surface area contributed by atoms with Gasteiger partial charge in [0, 0.05) is 12.8 Å². The van der Waals surface area contributed by atoms with Gasteiger partial charge in [-0.2, -0.15) is 0 Å². The van der Waals surface area contributed by atoms with Gasteiger partial charge in [0.25, 0.3) is 7.82 Å². The minimum absolute atomic E-state index is 0.0235. The number of hydrogen-bond acceptors (Lipinski definition) is 7. The van der Waals surface area contributed by atoms with E-state index < -0.39 is 20.0 Å². The molecular formula is C63H119N2O7P. The zero-order valence-electron chi connectivity index (χ0n) is 48.8. The number of quaternary nitrogens is 1. The molecule has 0 fully saturated rings. The molecule has 0 aromatic rings. The quantitative estimate of drug-likeness (QED) is 0.0212. The minimum atomic E-state index is -4.70. The fourth-order valence-corrected chi connectivity index (χ4v) is 9.66. The van der Waals surface area contributed by atoms with Crippen molar-refractivity contribution in [2.24, 2.45) is 0 Å². The number of amides is 1. The number of allylic oxidation sites excluding steroid dienone is 7. The summed E-state index contributed by atoms with van der Waals surface area (Å²) in [5.41, 5.74) is 0. The van der Waals surface area contributed by atoms with Crippen molar-refractivity contribution in [1.82, 2.24) is 5.32 Å². The maximum Gasteiger partial charge on any atom is 0.306 e. The summed E-state index contributed by atoms with van der Waals surface area (Å²) in [7, 11) is 1.18. The lowest BCUT2D eigenvalue weighted by Gasteiger charge is -2.30. The second-order valence-electron chi connectivity index (χ2n) is 22.2. The molecule has 1 N–H and O–H groups in total. The van der Waals surface area contributed by atoms with Crippen molar-refractivity contribution in [2.45, 2.75) is 303 Å². The van der Waals surface area contributed by atoms with E-state index in [2.05, 4.69) is 62.5 Å². The zero-order chi connectivity index (χ0) is 53.6. The van der Waals surface area contributed by atoms with Crippen LogP contribution in [0, 0.1) is 0 Å². The van der Waals surface area contributed by atoms with Crippen molar-refractivity contribution in [3.63, 3.8) is 0 Å². The number of rotatable bonds is 56. The molecule has 3 atom stereocenters. The number of ether oxygens (including phenoxy) is 1. The third-order valence-electron chi connectivity index (χ3n) is 13.8. The lowest BCUT2D eigenvalue weighted by molar-refractivity contribution is -0.870. The molecule has 0 aliphatic heterocycles. The van der Waals surface area contributed by atoms with Crippen LogP contribution in [0.25, 0.3) is 0 Å². The number of phosphoric ester groups is 1. The molecule has 0 saturated carbocycles. The predicted octanol–water partition coefficient (Wildman–Crippen LogP) is 18.3. The Morgan fingerprint density at radius 1 is 0.479 bits per heavy atom. The van der Waals surface area contributed by atoms with Gasteiger partial charge in [-0.1, -0.05) is 256 Å². The predicted molar refractivity (Wildman–Crippen MR) is 312 cm³/mol. The molecule has 73 heavy (non-hydrogen) atoms. The molecule has 3 unspecified atom stereocenters. The fraction of sp³-hybridized carbons (Fsp3) is 0.841. The van der Waals surface area contributed by atoms with Gasteiger partial charge in [-0.15, -0.1) is 0 Å². The summed E-state index contributed by atoms with van der Waals surface area (Å²) in [5.74, 6) is -0.546.